The van der Waals surface area contributed by atoms with E-state index in [2.05, 4.69) is 20.9 Å². The number of hydrogen-bond donors (Lipinski definition) is 2. The fourth-order valence-corrected chi connectivity index (χ4v) is 2.25. The molecule has 1 heterocycles. The van der Waals surface area contributed by atoms with E-state index >= 15 is 0 Å². The van der Waals surface area contributed by atoms with Crippen molar-refractivity contribution in [3.05, 3.63) is 36.2 Å². The number of carbonyl (C=O) groups excluding carboxylic acids is 1. The third-order valence-corrected chi connectivity index (χ3v) is 3.88. The van der Waals surface area contributed by atoms with E-state index in [1.54, 1.807) is 14.2 Å². The lowest BCUT2D eigenvalue weighted by atomic mass is 10.2. The van der Waals surface area contributed by atoms with Crippen LogP contribution in [0.1, 0.15) is 18.7 Å². The summed E-state index contributed by atoms with van der Waals surface area (Å²) in [5.41, 5.74) is 3.57. The van der Waals surface area contributed by atoms with Crippen molar-refractivity contribution in [2.24, 2.45) is 0 Å². The number of ether oxygens (including phenoxy) is 1. The molecule has 8 nitrogen and oxygen atoms in total. The van der Waals surface area contributed by atoms with Crippen LogP contribution in [0, 0.1) is 0 Å². The van der Waals surface area contributed by atoms with E-state index in [1.807, 2.05) is 30.3 Å². The van der Waals surface area contributed by atoms with Crippen LogP contribution in [0.15, 0.2) is 34.9 Å². The first-order valence-corrected chi connectivity index (χ1v) is 8.69. The summed E-state index contributed by atoms with van der Waals surface area (Å²) in [6.45, 7) is 1.33. The Hall–Kier alpha value is -2.52. The van der Waals surface area contributed by atoms with Gasteiger partial charge in [-0.15, -0.1) is 0 Å². The fraction of sp³-hybridized carbons (Fsp3) is 0.412. The summed E-state index contributed by atoms with van der Waals surface area (Å²) >= 11 is 5.20. The van der Waals surface area contributed by atoms with E-state index in [9.17, 15) is 4.79 Å². The molecule has 0 saturated carbocycles. The number of thiocarbonyl (C=S) groups is 1. The Balaban J connectivity index is 1.73. The second-order valence-corrected chi connectivity index (χ2v) is 5.94. The average Bonchev–Trinajstić information content (AvgIpc) is 3.13. The second kappa shape index (κ2) is 10.5. The minimum absolute atomic E-state index is 0.187. The van der Waals surface area contributed by atoms with Crippen molar-refractivity contribution in [3.63, 3.8) is 0 Å². The van der Waals surface area contributed by atoms with Gasteiger partial charge in [0.05, 0.1) is 0 Å². The zero-order valence-electron chi connectivity index (χ0n) is 14.9. The average molecular weight is 377 g/mol. The van der Waals surface area contributed by atoms with E-state index in [4.69, 9.17) is 21.5 Å². The van der Waals surface area contributed by atoms with Crippen LogP contribution in [0.2, 0.25) is 0 Å². The monoisotopic (exact) mass is 377 g/mol. The van der Waals surface area contributed by atoms with Gasteiger partial charge in [0.25, 0.3) is 0 Å². The molecule has 2 rings (SSSR count). The number of aromatic nitrogens is 2. The topological polar surface area (TPSA) is 92.5 Å². The molecule has 0 fully saturated rings. The van der Waals surface area contributed by atoms with Gasteiger partial charge in [0, 0.05) is 45.7 Å². The van der Waals surface area contributed by atoms with E-state index in [-0.39, 0.29) is 12.3 Å². The van der Waals surface area contributed by atoms with Gasteiger partial charge >= 0.3 is 0 Å². The summed E-state index contributed by atoms with van der Waals surface area (Å²) in [4.78, 5) is 16.3. The molecule has 1 aromatic carbocycles. The highest BCUT2D eigenvalue weighted by molar-refractivity contribution is 7.80. The summed E-state index contributed by atoms with van der Waals surface area (Å²) in [6, 6.07) is 9.53. The maximum Gasteiger partial charge on any atom is 0.239 e. The molecule has 0 spiro atoms. The maximum atomic E-state index is 12.0. The number of hydrogen-bond acceptors (Lipinski definition) is 6. The summed E-state index contributed by atoms with van der Waals surface area (Å²) in [7, 11) is 3.33. The van der Waals surface area contributed by atoms with Crippen molar-refractivity contribution < 1.29 is 14.1 Å². The predicted molar refractivity (Wildman–Crippen MR) is 101 cm³/mol. The van der Waals surface area contributed by atoms with Gasteiger partial charge in [0.2, 0.25) is 17.6 Å². The molecule has 1 aromatic heterocycles. The van der Waals surface area contributed by atoms with Gasteiger partial charge < -0.3 is 14.6 Å². The van der Waals surface area contributed by atoms with Crippen molar-refractivity contribution in [2.75, 3.05) is 27.3 Å². The van der Waals surface area contributed by atoms with Crippen LogP contribution in [0.25, 0.3) is 11.4 Å². The van der Waals surface area contributed by atoms with Crippen molar-refractivity contribution >= 4 is 23.2 Å². The number of methoxy groups -OCH3 is 1. The molecule has 140 valence electrons. The molecular weight excluding hydrogens is 354 g/mol. The van der Waals surface area contributed by atoms with Gasteiger partial charge in [-0.05, 0) is 18.6 Å². The zero-order chi connectivity index (χ0) is 18.8. The van der Waals surface area contributed by atoms with Gasteiger partial charge in [-0.2, -0.15) is 4.98 Å². The maximum absolute atomic E-state index is 12.0. The Kier molecular flexibility index (Phi) is 7.97. The number of carbonyl (C=O) groups is 1. The summed E-state index contributed by atoms with van der Waals surface area (Å²) in [6.07, 6.45) is 1.40. The highest BCUT2D eigenvalue weighted by Gasteiger charge is 2.12. The summed E-state index contributed by atoms with van der Waals surface area (Å²) in [5, 5.41) is 8.90. The first kappa shape index (κ1) is 19.8. The van der Waals surface area contributed by atoms with Crippen LogP contribution in [0.5, 0.6) is 0 Å². The summed E-state index contributed by atoms with van der Waals surface area (Å²) in [5.74, 6) is 0.745. The highest BCUT2D eigenvalue weighted by atomic mass is 32.1. The van der Waals surface area contributed by atoms with Crippen molar-refractivity contribution in [1.29, 1.82) is 0 Å². The fourth-order valence-electron chi connectivity index (χ4n) is 2.11. The largest absolute Gasteiger partial charge is 0.385 e. The third kappa shape index (κ3) is 6.41. The number of benzene rings is 1. The van der Waals surface area contributed by atoms with E-state index in [0.29, 0.717) is 36.4 Å². The highest BCUT2D eigenvalue weighted by Crippen LogP contribution is 2.15. The molecule has 9 heteroatoms. The lowest BCUT2D eigenvalue weighted by Crippen LogP contribution is -2.48. The number of amides is 1. The van der Waals surface area contributed by atoms with Crippen LogP contribution in [-0.2, 0) is 16.0 Å². The Bertz CT molecular complexity index is 707. The van der Waals surface area contributed by atoms with E-state index < -0.39 is 0 Å². The Morgan fingerprint density at radius 2 is 2.12 bits per heavy atom. The number of nitrogens with zero attached hydrogens (tertiary/aromatic N) is 3. The number of aryl methyl sites for hydroxylation is 1. The smallest absolute Gasteiger partial charge is 0.239 e. The van der Waals surface area contributed by atoms with Crippen molar-refractivity contribution in [3.8, 4) is 11.4 Å². The molecule has 26 heavy (non-hydrogen) atoms. The minimum atomic E-state index is -0.187. The second-order valence-electron chi connectivity index (χ2n) is 5.55. The summed E-state index contributed by atoms with van der Waals surface area (Å²) < 4.78 is 10.2. The first-order valence-electron chi connectivity index (χ1n) is 8.28. The van der Waals surface area contributed by atoms with Gasteiger partial charge in [-0.25, -0.2) is 0 Å². The van der Waals surface area contributed by atoms with Gasteiger partial charge in [0.15, 0.2) is 5.11 Å². The third-order valence-electron chi connectivity index (χ3n) is 3.46. The molecular formula is C17H23N5O3S. The van der Waals surface area contributed by atoms with Crippen LogP contribution < -0.4 is 10.7 Å². The molecule has 0 atom stereocenters. The van der Waals surface area contributed by atoms with Gasteiger partial charge in [-0.3, -0.25) is 15.2 Å². The lowest BCUT2D eigenvalue weighted by molar-refractivity contribution is -0.124. The SMILES string of the molecule is COCCCNC(=S)N(C)NC(=O)CCc1nc(-c2ccccc2)no1. The quantitative estimate of drug-likeness (QED) is 0.407. The minimum Gasteiger partial charge on any atom is -0.385 e. The van der Waals surface area contributed by atoms with E-state index in [1.165, 1.54) is 5.01 Å². The molecule has 2 aromatic rings. The number of rotatable bonds is 8. The Morgan fingerprint density at radius 1 is 1.35 bits per heavy atom. The number of hydrazine groups is 1. The van der Waals surface area contributed by atoms with Crippen molar-refractivity contribution in [1.82, 2.24) is 25.9 Å². The van der Waals surface area contributed by atoms with E-state index in [0.717, 1.165) is 12.0 Å². The van der Waals surface area contributed by atoms with Crippen LogP contribution in [-0.4, -0.2) is 53.5 Å². The van der Waals surface area contributed by atoms with Crippen LogP contribution >= 0.6 is 12.2 Å². The molecule has 0 bridgehead atoms. The molecule has 1 amide bonds. The zero-order valence-corrected chi connectivity index (χ0v) is 15.7. The molecule has 0 aliphatic rings. The predicted octanol–water partition coefficient (Wildman–Crippen LogP) is 1.54. The molecule has 0 aliphatic carbocycles. The van der Waals surface area contributed by atoms with Gasteiger partial charge in [0.1, 0.15) is 0 Å². The Labute approximate surface area is 157 Å². The number of nitrogens with one attached hydrogen (secondary N) is 2. The lowest BCUT2D eigenvalue weighted by Gasteiger charge is -2.21. The standard InChI is InChI=1S/C17H23N5O3S/c1-22(17(26)18-11-6-12-24-2)20-14(23)9-10-15-19-16(21-25-15)13-7-4-3-5-8-13/h3-5,7-8H,6,9-12H2,1-2H3,(H,18,26)(H,20,23). The Morgan fingerprint density at radius 3 is 2.85 bits per heavy atom. The molecule has 2 N–H and O–H groups in total. The van der Waals surface area contributed by atoms with Gasteiger partial charge in [-0.1, -0.05) is 35.5 Å². The molecule has 0 aliphatic heterocycles. The van der Waals surface area contributed by atoms with Crippen LogP contribution in [0.4, 0.5) is 0 Å². The normalized spacial score (nSPS) is 10.4. The van der Waals surface area contributed by atoms with Crippen molar-refractivity contribution in [2.45, 2.75) is 19.3 Å². The molecule has 0 unspecified atom stereocenters. The molecule has 0 radical (unpaired) electrons. The van der Waals surface area contributed by atoms with Crippen LogP contribution in [0.3, 0.4) is 0 Å². The first-order chi connectivity index (χ1) is 12.6. The molecule has 0 saturated heterocycles.